The summed E-state index contributed by atoms with van der Waals surface area (Å²) in [7, 11) is 1.56. The summed E-state index contributed by atoms with van der Waals surface area (Å²) >= 11 is 0. The van der Waals surface area contributed by atoms with Gasteiger partial charge in [-0.25, -0.2) is 9.37 Å². The zero-order chi connectivity index (χ0) is 13.7. The number of imidazole rings is 1. The third-order valence-electron chi connectivity index (χ3n) is 2.90. The van der Waals surface area contributed by atoms with E-state index in [9.17, 15) is 4.39 Å². The molecular weight excluding hydrogens is 245 g/mol. The van der Waals surface area contributed by atoms with Gasteiger partial charge in [-0.05, 0) is 18.6 Å². The van der Waals surface area contributed by atoms with E-state index in [1.54, 1.807) is 31.8 Å². The molecule has 0 radical (unpaired) electrons. The molecule has 5 heteroatoms. The fourth-order valence-corrected chi connectivity index (χ4v) is 1.89. The molecule has 4 nitrogen and oxygen atoms in total. The molecule has 0 atom stereocenters. The number of hydrogen-bond acceptors (Lipinski definition) is 3. The van der Waals surface area contributed by atoms with Crippen molar-refractivity contribution in [2.75, 3.05) is 12.4 Å². The van der Waals surface area contributed by atoms with Gasteiger partial charge in [-0.2, -0.15) is 0 Å². The molecule has 0 aliphatic rings. The second-order valence-electron chi connectivity index (χ2n) is 4.28. The fourth-order valence-electron chi connectivity index (χ4n) is 1.89. The van der Waals surface area contributed by atoms with E-state index in [4.69, 9.17) is 4.74 Å². The second kappa shape index (κ2) is 6.22. The molecule has 0 saturated heterocycles. The lowest BCUT2D eigenvalue weighted by Crippen LogP contribution is -2.08. The van der Waals surface area contributed by atoms with Crippen LogP contribution in [0.1, 0.15) is 19.0 Å². The van der Waals surface area contributed by atoms with Crippen molar-refractivity contribution in [2.45, 2.75) is 26.4 Å². The van der Waals surface area contributed by atoms with E-state index in [0.717, 1.165) is 18.7 Å². The summed E-state index contributed by atoms with van der Waals surface area (Å²) in [4.78, 5) is 4.11. The van der Waals surface area contributed by atoms with Crippen molar-refractivity contribution in [3.8, 4) is 5.75 Å². The number of aromatic nitrogens is 2. The molecule has 0 aliphatic carbocycles. The van der Waals surface area contributed by atoms with Crippen molar-refractivity contribution in [1.82, 2.24) is 9.55 Å². The van der Waals surface area contributed by atoms with Gasteiger partial charge in [-0.3, -0.25) is 0 Å². The van der Waals surface area contributed by atoms with Crippen molar-refractivity contribution in [3.05, 3.63) is 42.2 Å². The minimum absolute atomic E-state index is 0.289. The first-order valence-electron chi connectivity index (χ1n) is 6.31. The summed E-state index contributed by atoms with van der Waals surface area (Å²) in [6.07, 6.45) is 4.63. The van der Waals surface area contributed by atoms with Gasteiger partial charge < -0.3 is 14.6 Å². The normalized spacial score (nSPS) is 10.5. The fraction of sp³-hybridized carbons (Fsp3) is 0.357. The number of nitrogens with zero attached hydrogens (tertiary/aromatic N) is 2. The number of hydrogen-bond donors (Lipinski definition) is 1. The van der Waals surface area contributed by atoms with Gasteiger partial charge in [0.15, 0.2) is 0 Å². The van der Waals surface area contributed by atoms with Crippen molar-refractivity contribution in [3.63, 3.8) is 0 Å². The molecule has 0 amide bonds. The number of rotatable bonds is 6. The Morgan fingerprint density at radius 1 is 1.42 bits per heavy atom. The molecule has 0 spiro atoms. The molecule has 0 unspecified atom stereocenters. The van der Waals surface area contributed by atoms with Gasteiger partial charge >= 0.3 is 0 Å². The number of nitrogens with one attached hydrogen (secondary N) is 1. The van der Waals surface area contributed by atoms with Crippen LogP contribution in [0.4, 0.5) is 10.1 Å². The zero-order valence-corrected chi connectivity index (χ0v) is 11.2. The predicted molar refractivity (Wildman–Crippen MR) is 72.8 cm³/mol. The molecule has 19 heavy (non-hydrogen) atoms. The minimum atomic E-state index is -0.289. The van der Waals surface area contributed by atoms with Crippen LogP contribution in [0.15, 0.2) is 30.7 Å². The lowest BCUT2D eigenvalue weighted by Gasteiger charge is -2.11. The molecular formula is C14H18FN3O. The molecule has 1 aromatic heterocycles. The van der Waals surface area contributed by atoms with Crippen LogP contribution >= 0.6 is 0 Å². The van der Waals surface area contributed by atoms with Crippen LogP contribution in [0.5, 0.6) is 5.75 Å². The molecule has 0 aliphatic heterocycles. The molecule has 1 N–H and O–H groups in total. The average molecular weight is 263 g/mol. The molecule has 0 bridgehead atoms. The third-order valence-corrected chi connectivity index (χ3v) is 2.90. The Balaban J connectivity index is 2.07. The summed E-state index contributed by atoms with van der Waals surface area (Å²) in [5.74, 6) is 0.341. The molecule has 2 aromatic rings. The monoisotopic (exact) mass is 263 g/mol. The van der Waals surface area contributed by atoms with Gasteiger partial charge in [-0.15, -0.1) is 0 Å². The third kappa shape index (κ3) is 3.24. The molecule has 102 valence electrons. The quantitative estimate of drug-likeness (QED) is 0.870. The van der Waals surface area contributed by atoms with Crippen molar-refractivity contribution in [1.29, 1.82) is 0 Å². The van der Waals surface area contributed by atoms with Crippen LogP contribution in [-0.2, 0) is 13.1 Å². The topological polar surface area (TPSA) is 39.1 Å². The van der Waals surface area contributed by atoms with E-state index in [1.807, 2.05) is 0 Å². The Labute approximate surface area is 112 Å². The van der Waals surface area contributed by atoms with E-state index in [2.05, 4.69) is 21.8 Å². The van der Waals surface area contributed by atoms with Crippen molar-refractivity contribution < 1.29 is 9.13 Å². The van der Waals surface area contributed by atoms with Gasteiger partial charge in [0, 0.05) is 18.8 Å². The molecule has 1 heterocycles. The van der Waals surface area contributed by atoms with Gasteiger partial charge in [0.2, 0.25) is 0 Å². The summed E-state index contributed by atoms with van der Waals surface area (Å²) in [6.45, 7) is 3.56. The first kappa shape index (κ1) is 13.4. The summed E-state index contributed by atoms with van der Waals surface area (Å²) < 4.78 is 20.8. The maximum absolute atomic E-state index is 13.6. The number of anilines is 1. The van der Waals surface area contributed by atoms with E-state index >= 15 is 0 Å². The number of ether oxygens (including phenoxy) is 1. The van der Waals surface area contributed by atoms with Crippen molar-refractivity contribution in [2.24, 2.45) is 0 Å². The van der Waals surface area contributed by atoms with Gasteiger partial charge in [0.25, 0.3) is 0 Å². The summed E-state index contributed by atoms with van der Waals surface area (Å²) in [6, 6.07) is 4.64. The van der Waals surface area contributed by atoms with Crippen LogP contribution in [-0.4, -0.2) is 16.7 Å². The van der Waals surface area contributed by atoms with Crippen molar-refractivity contribution >= 4 is 5.69 Å². The predicted octanol–water partition coefficient (Wildman–Crippen LogP) is 3.05. The Hall–Kier alpha value is -2.04. The number of benzene rings is 1. The SMILES string of the molecule is CCCn1cncc1CNc1cc(OC)ccc1F. The Morgan fingerprint density at radius 2 is 2.26 bits per heavy atom. The van der Waals surface area contributed by atoms with E-state index in [1.165, 1.54) is 6.07 Å². The van der Waals surface area contributed by atoms with Gasteiger partial charge in [0.1, 0.15) is 11.6 Å². The highest BCUT2D eigenvalue weighted by molar-refractivity contribution is 5.49. The number of halogens is 1. The highest BCUT2D eigenvalue weighted by atomic mass is 19.1. The van der Waals surface area contributed by atoms with E-state index in [0.29, 0.717) is 18.0 Å². The summed E-state index contributed by atoms with van der Waals surface area (Å²) in [5.41, 5.74) is 1.47. The molecule has 2 rings (SSSR count). The Bertz CT molecular complexity index is 539. The number of methoxy groups -OCH3 is 1. The highest BCUT2D eigenvalue weighted by Gasteiger charge is 2.06. The van der Waals surface area contributed by atoms with E-state index < -0.39 is 0 Å². The molecule has 0 fully saturated rings. The smallest absolute Gasteiger partial charge is 0.146 e. The lowest BCUT2D eigenvalue weighted by molar-refractivity contribution is 0.414. The first-order chi connectivity index (χ1) is 9.24. The molecule has 0 saturated carbocycles. The number of aryl methyl sites for hydroxylation is 1. The highest BCUT2D eigenvalue weighted by Crippen LogP contribution is 2.21. The second-order valence-corrected chi connectivity index (χ2v) is 4.28. The minimum Gasteiger partial charge on any atom is -0.497 e. The maximum Gasteiger partial charge on any atom is 0.146 e. The Kier molecular flexibility index (Phi) is 4.39. The van der Waals surface area contributed by atoms with Crippen LogP contribution in [0.2, 0.25) is 0 Å². The van der Waals surface area contributed by atoms with Gasteiger partial charge in [0.05, 0.1) is 31.4 Å². The van der Waals surface area contributed by atoms with Crippen LogP contribution in [0.3, 0.4) is 0 Å². The van der Waals surface area contributed by atoms with Gasteiger partial charge in [-0.1, -0.05) is 6.92 Å². The lowest BCUT2D eigenvalue weighted by atomic mass is 10.2. The van der Waals surface area contributed by atoms with Crippen LogP contribution in [0, 0.1) is 5.82 Å². The maximum atomic E-state index is 13.6. The molecule has 1 aromatic carbocycles. The summed E-state index contributed by atoms with van der Waals surface area (Å²) in [5, 5.41) is 3.07. The zero-order valence-electron chi connectivity index (χ0n) is 11.2. The standard InChI is InChI=1S/C14H18FN3O/c1-3-6-18-10-16-8-11(18)9-17-14-7-12(19-2)4-5-13(14)15/h4-5,7-8,10,17H,3,6,9H2,1-2H3. The largest absolute Gasteiger partial charge is 0.497 e. The Morgan fingerprint density at radius 3 is 3.00 bits per heavy atom. The van der Waals surface area contributed by atoms with Crippen LogP contribution < -0.4 is 10.1 Å². The first-order valence-corrected chi connectivity index (χ1v) is 6.31. The van der Waals surface area contributed by atoms with Crippen LogP contribution in [0.25, 0.3) is 0 Å². The van der Waals surface area contributed by atoms with E-state index in [-0.39, 0.29) is 5.82 Å². The average Bonchev–Trinajstić information content (AvgIpc) is 2.86.